The third-order valence-electron chi connectivity index (χ3n) is 4.30. The van der Waals surface area contributed by atoms with Crippen molar-refractivity contribution in [1.29, 1.82) is 5.26 Å². The summed E-state index contributed by atoms with van der Waals surface area (Å²) in [6, 6.07) is 5.50. The Morgan fingerprint density at radius 3 is 3.08 bits per heavy atom. The van der Waals surface area contributed by atoms with E-state index in [9.17, 15) is 4.79 Å². The van der Waals surface area contributed by atoms with Crippen LogP contribution < -0.4 is 10.6 Å². The van der Waals surface area contributed by atoms with Crippen molar-refractivity contribution in [3.05, 3.63) is 23.9 Å². The second-order valence-corrected chi connectivity index (χ2v) is 6.40. The predicted octanol–water partition coefficient (Wildman–Crippen LogP) is 2.47. The van der Waals surface area contributed by atoms with Crippen molar-refractivity contribution in [2.45, 2.75) is 51.7 Å². The first-order valence-electron chi connectivity index (χ1n) is 8.62. The lowest BCUT2D eigenvalue weighted by Crippen LogP contribution is -2.39. The Morgan fingerprint density at radius 1 is 1.50 bits per heavy atom. The average Bonchev–Trinajstić information content (AvgIpc) is 2.58. The molecule has 24 heavy (non-hydrogen) atoms. The lowest BCUT2D eigenvalue weighted by molar-refractivity contribution is -0.137. The van der Waals surface area contributed by atoms with Crippen LogP contribution in [0.1, 0.15) is 45.1 Å². The number of aromatic nitrogens is 1. The summed E-state index contributed by atoms with van der Waals surface area (Å²) >= 11 is 0. The SMILES string of the molecule is C[C@@H]1CCC[C@H](O[C@H](C)C(=O)NCCNc2ncccc2C#N)C1. The molecule has 1 amide bonds. The number of nitrogens with zero attached hydrogens (tertiary/aromatic N) is 2. The van der Waals surface area contributed by atoms with Gasteiger partial charge in [0.2, 0.25) is 5.91 Å². The van der Waals surface area contributed by atoms with Gasteiger partial charge in [0, 0.05) is 19.3 Å². The van der Waals surface area contributed by atoms with Gasteiger partial charge in [-0.15, -0.1) is 0 Å². The van der Waals surface area contributed by atoms with Gasteiger partial charge < -0.3 is 15.4 Å². The van der Waals surface area contributed by atoms with E-state index in [-0.39, 0.29) is 12.0 Å². The fraction of sp³-hybridized carbons (Fsp3) is 0.611. The van der Waals surface area contributed by atoms with E-state index in [1.54, 1.807) is 25.3 Å². The molecule has 1 aromatic heterocycles. The molecular formula is C18H26N4O2. The summed E-state index contributed by atoms with van der Waals surface area (Å²) in [5.74, 6) is 1.11. The number of carbonyl (C=O) groups excluding carboxylic acids is 1. The number of carbonyl (C=O) groups is 1. The van der Waals surface area contributed by atoms with E-state index in [4.69, 9.17) is 10.00 Å². The largest absolute Gasteiger partial charge is 0.367 e. The number of ether oxygens (including phenoxy) is 1. The maximum absolute atomic E-state index is 12.1. The highest BCUT2D eigenvalue weighted by Gasteiger charge is 2.23. The van der Waals surface area contributed by atoms with Gasteiger partial charge in [0.25, 0.3) is 0 Å². The summed E-state index contributed by atoms with van der Waals surface area (Å²) in [5, 5.41) is 14.9. The molecule has 1 fully saturated rings. The van der Waals surface area contributed by atoms with E-state index < -0.39 is 6.10 Å². The highest BCUT2D eigenvalue weighted by atomic mass is 16.5. The second-order valence-electron chi connectivity index (χ2n) is 6.40. The van der Waals surface area contributed by atoms with Crippen LogP contribution in [-0.2, 0) is 9.53 Å². The van der Waals surface area contributed by atoms with Crippen LogP contribution >= 0.6 is 0 Å². The maximum Gasteiger partial charge on any atom is 0.248 e. The quantitative estimate of drug-likeness (QED) is 0.750. The van der Waals surface area contributed by atoms with Gasteiger partial charge in [0.1, 0.15) is 18.0 Å². The predicted molar refractivity (Wildman–Crippen MR) is 92.4 cm³/mol. The minimum atomic E-state index is -0.440. The maximum atomic E-state index is 12.1. The van der Waals surface area contributed by atoms with E-state index >= 15 is 0 Å². The zero-order valence-electron chi connectivity index (χ0n) is 14.4. The number of pyridine rings is 1. The Labute approximate surface area is 143 Å². The summed E-state index contributed by atoms with van der Waals surface area (Å²) < 4.78 is 5.89. The number of hydrogen-bond donors (Lipinski definition) is 2. The van der Waals surface area contributed by atoms with Gasteiger partial charge in [0.05, 0.1) is 11.7 Å². The van der Waals surface area contributed by atoms with Crippen molar-refractivity contribution >= 4 is 11.7 Å². The summed E-state index contributed by atoms with van der Waals surface area (Å²) in [7, 11) is 0. The Hall–Kier alpha value is -2.13. The monoisotopic (exact) mass is 330 g/mol. The molecular weight excluding hydrogens is 304 g/mol. The summed E-state index contributed by atoms with van der Waals surface area (Å²) in [6.07, 6.45) is 5.89. The van der Waals surface area contributed by atoms with Crippen LogP contribution in [0.5, 0.6) is 0 Å². The normalized spacial score (nSPS) is 21.5. The van der Waals surface area contributed by atoms with E-state index in [0.717, 1.165) is 12.8 Å². The van der Waals surface area contributed by atoms with Crippen molar-refractivity contribution in [3.8, 4) is 6.07 Å². The van der Waals surface area contributed by atoms with Crippen LogP contribution in [0.15, 0.2) is 18.3 Å². The molecule has 0 aliphatic heterocycles. The first-order chi connectivity index (χ1) is 11.6. The number of anilines is 1. The smallest absolute Gasteiger partial charge is 0.248 e. The van der Waals surface area contributed by atoms with Gasteiger partial charge in [-0.3, -0.25) is 4.79 Å². The van der Waals surface area contributed by atoms with Gasteiger partial charge in [0.15, 0.2) is 0 Å². The van der Waals surface area contributed by atoms with Crippen molar-refractivity contribution in [3.63, 3.8) is 0 Å². The molecule has 1 heterocycles. The molecule has 6 nitrogen and oxygen atoms in total. The highest BCUT2D eigenvalue weighted by molar-refractivity contribution is 5.80. The fourth-order valence-corrected chi connectivity index (χ4v) is 3.00. The molecule has 2 rings (SSSR count). The molecule has 130 valence electrons. The van der Waals surface area contributed by atoms with Crippen LogP contribution in [-0.4, -0.2) is 36.2 Å². The minimum absolute atomic E-state index is 0.100. The molecule has 0 spiro atoms. The Morgan fingerprint density at radius 2 is 2.33 bits per heavy atom. The van der Waals surface area contributed by atoms with Gasteiger partial charge in [-0.25, -0.2) is 4.98 Å². The van der Waals surface area contributed by atoms with E-state index in [1.807, 2.05) is 0 Å². The van der Waals surface area contributed by atoms with Gasteiger partial charge in [-0.2, -0.15) is 5.26 Å². The van der Waals surface area contributed by atoms with E-state index in [2.05, 4.69) is 28.6 Å². The molecule has 0 unspecified atom stereocenters. The number of rotatable bonds is 7. The average molecular weight is 330 g/mol. The van der Waals surface area contributed by atoms with Gasteiger partial charge in [-0.1, -0.05) is 19.8 Å². The standard InChI is InChI=1S/C18H26N4O2/c1-13-5-3-7-16(11-13)24-14(2)18(23)22-10-9-21-17-15(12-19)6-4-8-20-17/h4,6,8,13-14,16H,3,5,7,9-11H2,1-2H3,(H,20,21)(H,22,23)/t13-,14-,16+/m1/s1. The molecule has 1 aromatic rings. The molecule has 0 radical (unpaired) electrons. The van der Waals surface area contributed by atoms with Crippen molar-refractivity contribution in [2.24, 2.45) is 5.92 Å². The molecule has 0 bridgehead atoms. The van der Waals surface area contributed by atoms with Crippen LogP contribution in [0.4, 0.5) is 5.82 Å². The zero-order valence-corrected chi connectivity index (χ0v) is 14.4. The number of hydrogen-bond acceptors (Lipinski definition) is 5. The fourth-order valence-electron chi connectivity index (χ4n) is 3.00. The highest BCUT2D eigenvalue weighted by Crippen LogP contribution is 2.26. The Balaban J connectivity index is 1.68. The minimum Gasteiger partial charge on any atom is -0.367 e. The lowest BCUT2D eigenvalue weighted by atomic mass is 9.88. The topological polar surface area (TPSA) is 87.0 Å². The van der Waals surface area contributed by atoms with Crippen molar-refractivity contribution < 1.29 is 9.53 Å². The lowest BCUT2D eigenvalue weighted by Gasteiger charge is -2.29. The number of nitriles is 1. The van der Waals surface area contributed by atoms with Crippen LogP contribution in [0, 0.1) is 17.2 Å². The number of nitrogens with one attached hydrogen (secondary N) is 2. The molecule has 1 saturated carbocycles. The zero-order chi connectivity index (χ0) is 17.4. The second kappa shape index (κ2) is 9.24. The molecule has 3 atom stereocenters. The first kappa shape index (κ1) is 18.2. The summed E-state index contributed by atoms with van der Waals surface area (Å²) in [6.45, 7) is 4.99. The molecule has 1 aliphatic carbocycles. The van der Waals surface area contributed by atoms with Crippen LogP contribution in [0.25, 0.3) is 0 Å². The third-order valence-corrected chi connectivity index (χ3v) is 4.30. The van der Waals surface area contributed by atoms with Gasteiger partial charge >= 0.3 is 0 Å². The first-order valence-corrected chi connectivity index (χ1v) is 8.62. The Kier molecular flexibility index (Phi) is 7.01. The van der Waals surface area contributed by atoms with Crippen LogP contribution in [0.2, 0.25) is 0 Å². The Bertz CT molecular complexity index is 585. The van der Waals surface area contributed by atoms with E-state index in [0.29, 0.717) is 30.4 Å². The number of amides is 1. The van der Waals surface area contributed by atoms with E-state index in [1.165, 1.54) is 12.8 Å². The van der Waals surface area contributed by atoms with Gasteiger partial charge in [-0.05, 0) is 37.8 Å². The summed E-state index contributed by atoms with van der Waals surface area (Å²) in [5.41, 5.74) is 0.493. The molecule has 2 N–H and O–H groups in total. The summed E-state index contributed by atoms with van der Waals surface area (Å²) in [4.78, 5) is 16.2. The van der Waals surface area contributed by atoms with Crippen molar-refractivity contribution in [2.75, 3.05) is 18.4 Å². The van der Waals surface area contributed by atoms with Crippen molar-refractivity contribution in [1.82, 2.24) is 10.3 Å². The molecule has 1 aliphatic rings. The molecule has 0 aromatic carbocycles. The third kappa shape index (κ3) is 5.50. The molecule has 6 heteroatoms. The van der Waals surface area contributed by atoms with Crippen LogP contribution in [0.3, 0.4) is 0 Å². The molecule has 0 saturated heterocycles.